The topological polar surface area (TPSA) is 41.6 Å². The number of carbonyl (C=O) groups is 1. The first-order valence-electron chi connectivity index (χ1n) is 8.31. The molecule has 0 spiro atoms. The average Bonchev–Trinajstić information content (AvgIpc) is 2.75. The number of hydrogen-bond donors (Lipinski definition) is 1. The molecule has 1 saturated carbocycles. The maximum atomic E-state index is 12.4. The molecular formula is C16H30N2O2. The number of hydrogen-bond acceptors (Lipinski definition) is 3. The Morgan fingerprint density at radius 1 is 1.35 bits per heavy atom. The van der Waals surface area contributed by atoms with Gasteiger partial charge >= 0.3 is 0 Å². The van der Waals surface area contributed by atoms with Crippen LogP contribution in [0.2, 0.25) is 0 Å². The van der Waals surface area contributed by atoms with Crippen molar-refractivity contribution in [2.24, 2.45) is 5.92 Å². The van der Waals surface area contributed by atoms with E-state index >= 15 is 0 Å². The number of nitrogens with one attached hydrogen (secondary N) is 1. The molecule has 1 aliphatic carbocycles. The fraction of sp³-hybridized carbons (Fsp3) is 0.938. The standard InChI is InChI=1S/C16H30N2O2/c1-4-12(2)15-16(19)18(13(3)17-15)10-11-20-14-8-6-5-7-9-14/h12-15,17H,4-11H2,1-3H3. The van der Waals surface area contributed by atoms with Crippen LogP contribution in [0.1, 0.15) is 59.3 Å². The monoisotopic (exact) mass is 282 g/mol. The highest BCUT2D eigenvalue weighted by Crippen LogP contribution is 2.21. The van der Waals surface area contributed by atoms with E-state index in [-0.39, 0.29) is 18.1 Å². The molecule has 1 saturated heterocycles. The zero-order valence-corrected chi connectivity index (χ0v) is 13.2. The molecule has 2 aliphatic rings. The normalized spacial score (nSPS) is 29.9. The molecule has 1 N–H and O–H groups in total. The zero-order valence-electron chi connectivity index (χ0n) is 13.2. The minimum absolute atomic E-state index is 0.00956. The summed E-state index contributed by atoms with van der Waals surface area (Å²) in [4.78, 5) is 14.4. The van der Waals surface area contributed by atoms with Gasteiger partial charge in [-0.3, -0.25) is 10.1 Å². The van der Waals surface area contributed by atoms with Crippen LogP contribution in [0.15, 0.2) is 0 Å². The summed E-state index contributed by atoms with van der Waals surface area (Å²) in [5, 5.41) is 3.41. The summed E-state index contributed by atoms with van der Waals surface area (Å²) >= 11 is 0. The molecule has 0 bridgehead atoms. The zero-order chi connectivity index (χ0) is 14.5. The van der Waals surface area contributed by atoms with Crippen LogP contribution < -0.4 is 5.32 Å². The van der Waals surface area contributed by atoms with Gasteiger partial charge in [0.05, 0.1) is 24.9 Å². The summed E-state index contributed by atoms with van der Waals surface area (Å²) in [5.74, 6) is 0.647. The Labute approximate surface area is 123 Å². The molecule has 0 aromatic rings. The molecule has 1 amide bonds. The van der Waals surface area contributed by atoms with Crippen molar-refractivity contribution in [1.82, 2.24) is 10.2 Å². The number of nitrogens with zero attached hydrogens (tertiary/aromatic N) is 1. The lowest BCUT2D eigenvalue weighted by Crippen LogP contribution is -2.38. The summed E-state index contributed by atoms with van der Waals surface area (Å²) in [6.45, 7) is 7.75. The fourth-order valence-corrected chi connectivity index (χ4v) is 3.29. The van der Waals surface area contributed by atoms with E-state index in [2.05, 4.69) is 26.1 Å². The van der Waals surface area contributed by atoms with Gasteiger partial charge in [0.1, 0.15) is 0 Å². The van der Waals surface area contributed by atoms with Gasteiger partial charge in [-0.25, -0.2) is 0 Å². The first-order chi connectivity index (χ1) is 9.63. The highest BCUT2D eigenvalue weighted by Gasteiger charge is 2.38. The van der Waals surface area contributed by atoms with Crippen LogP contribution in [-0.2, 0) is 9.53 Å². The Balaban J connectivity index is 1.76. The molecule has 2 fully saturated rings. The van der Waals surface area contributed by atoms with Crippen molar-refractivity contribution in [2.45, 2.75) is 77.6 Å². The highest BCUT2D eigenvalue weighted by atomic mass is 16.5. The summed E-state index contributed by atoms with van der Waals surface area (Å²) in [7, 11) is 0. The molecular weight excluding hydrogens is 252 g/mol. The SMILES string of the molecule is CCC(C)C1NC(C)N(CCOC2CCCCC2)C1=O. The molecule has 3 atom stereocenters. The predicted molar refractivity (Wildman–Crippen MR) is 80.4 cm³/mol. The molecule has 0 radical (unpaired) electrons. The van der Waals surface area contributed by atoms with E-state index in [1.807, 2.05) is 4.90 Å². The Morgan fingerprint density at radius 2 is 2.05 bits per heavy atom. The largest absolute Gasteiger partial charge is 0.376 e. The van der Waals surface area contributed by atoms with Crippen molar-refractivity contribution >= 4 is 5.91 Å². The minimum Gasteiger partial charge on any atom is -0.376 e. The lowest BCUT2D eigenvalue weighted by molar-refractivity contribution is -0.131. The summed E-state index contributed by atoms with van der Waals surface area (Å²) in [6, 6.07) is -0.00956. The number of rotatable bonds is 6. The van der Waals surface area contributed by atoms with Gasteiger partial charge in [-0.1, -0.05) is 39.5 Å². The predicted octanol–water partition coefficient (Wildman–Crippen LogP) is 2.53. The van der Waals surface area contributed by atoms with Crippen LogP contribution >= 0.6 is 0 Å². The summed E-state index contributed by atoms with van der Waals surface area (Å²) in [5.41, 5.74) is 0. The molecule has 1 aliphatic heterocycles. The second-order valence-corrected chi connectivity index (χ2v) is 6.37. The van der Waals surface area contributed by atoms with Gasteiger partial charge in [0.25, 0.3) is 0 Å². The van der Waals surface area contributed by atoms with Gasteiger partial charge in [0.2, 0.25) is 5.91 Å². The van der Waals surface area contributed by atoms with Gasteiger partial charge in [-0.2, -0.15) is 0 Å². The maximum absolute atomic E-state index is 12.4. The van der Waals surface area contributed by atoms with E-state index in [9.17, 15) is 4.79 Å². The molecule has 4 heteroatoms. The van der Waals surface area contributed by atoms with E-state index in [1.165, 1.54) is 32.1 Å². The quantitative estimate of drug-likeness (QED) is 0.814. The second-order valence-electron chi connectivity index (χ2n) is 6.37. The molecule has 2 rings (SSSR count). The number of carbonyl (C=O) groups excluding carboxylic acids is 1. The summed E-state index contributed by atoms with van der Waals surface area (Å²) < 4.78 is 5.94. The van der Waals surface area contributed by atoms with Crippen LogP contribution in [0.25, 0.3) is 0 Å². The van der Waals surface area contributed by atoms with E-state index in [4.69, 9.17) is 4.74 Å². The highest BCUT2D eigenvalue weighted by molar-refractivity contribution is 5.84. The molecule has 20 heavy (non-hydrogen) atoms. The molecule has 4 nitrogen and oxygen atoms in total. The van der Waals surface area contributed by atoms with Crippen LogP contribution in [0.4, 0.5) is 0 Å². The average molecular weight is 282 g/mol. The lowest BCUT2D eigenvalue weighted by atomic mass is 9.98. The third-order valence-electron chi connectivity index (χ3n) is 4.89. The molecule has 116 valence electrons. The van der Waals surface area contributed by atoms with E-state index in [1.54, 1.807) is 0 Å². The fourth-order valence-electron chi connectivity index (χ4n) is 3.29. The van der Waals surface area contributed by atoms with Crippen LogP contribution in [0.5, 0.6) is 0 Å². The van der Waals surface area contributed by atoms with Crippen molar-refractivity contribution < 1.29 is 9.53 Å². The minimum atomic E-state index is -0.00956. The van der Waals surface area contributed by atoms with Crippen LogP contribution in [-0.4, -0.2) is 42.3 Å². The Kier molecular flexibility index (Phi) is 5.85. The van der Waals surface area contributed by atoms with E-state index in [0.717, 1.165) is 13.0 Å². The van der Waals surface area contributed by atoms with E-state index in [0.29, 0.717) is 18.6 Å². The molecule has 3 unspecified atom stereocenters. The van der Waals surface area contributed by atoms with Gasteiger partial charge in [0, 0.05) is 6.54 Å². The third-order valence-corrected chi connectivity index (χ3v) is 4.89. The summed E-state index contributed by atoms with van der Waals surface area (Å²) in [6.07, 6.45) is 7.91. The second kappa shape index (κ2) is 7.41. The van der Waals surface area contributed by atoms with Gasteiger partial charge in [-0.05, 0) is 25.7 Å². The Bertz CT molecular complexity index is 316. The van der Waals surface area contributed by atoms with Crippen LogP contribution in [0, 0.1) is 5.92 Å². The van der Waals surface area contributed by atoms with Crippen molar-refractivity contribution in [3.05, 3.63) is 0 Å². The molecule has 0 aromatic heterocycles. The van der Waals surface area contributed by atoms with Gasteiger partial charge < -0.3 is 9.64 Å². The van der Waals surface area contributed by atoms with Crippen molar-refractivity contribution in [3.8, 4) is 0 Å². The van der Waals surface area contributed by atoms with Crippen molar-refractivity contribution in [1.29, 1.82) is 0 Å². The van der Waals surface area contributed by atoms with Crippen LogP contribution in [0.3, 0.4) is 0 Å². The first kappa shape index (κ1) is 15.8. The third kappa shape index (κ3) is 3.73. The smallest absolute Gasteiger partial charge is 0.241 e. The number of ether oxygens (including phenoxy) is 1. The van der Waals surface area contributed by atoms with Crippen molar-refractivity contribution in [2.75, 3.05) is 13.2 Å². The Hall–Kier alpha value is -0.610. The molecule has 1 heterocycles. The van der Waals surface area contributed by atoms with Gasteiger partial charge in [0.15, 0.2) is 0 Å². The number of amides is 1. The van der Waals surface area contributed by atoms with E-state index < -0.39 is 0 Å². The first-order valence-corrected chi connectivity index (χ1v) is 8.31. The Morgan fingerprint density at radius 3 is 2.70 bits per heavy atom. The molecule has 0 aromatic carbocycles. The lowest BCUT2D eigenvalue weighted by Gasteiger charge is -2.25. The van der Waals surface area contributed by atoms with Gasteiger partial charge in [-0.15, -0.1) is 0 Å². The maximum Gasteiger partial charge on any atom is 0.241 e. The van der Waals surface area contributed by atoms with Crippen molar-refractivity contribution in [3.63, 3.8) is 0 Å².